The number of hydrogen-bond donors (Lipinski definition) is 4. The highest BCUT2D eigenvalue weighted by Gasteiger charge is 2.38. The van der Waals surface area contributed by atoms with Gasteiger partial charge in [-0.1, -0.05) is 13.8 Å². The fourth-order valence-electron chi connectivity index (χ4n) is 4.43. The second-order valence-corrected chi connectivity index (χ2v) is 9.06. The Bertz CT molecular complexity index is 1200. The summed E-state index contributed by atoms with van der Waals surface area (Å²) in [6, 6.07) is 3.91. The van der Waals surface area contributed by atoms with Gasteiger partial charge < -0.3 is 20.6 Å². The Morgan fingerprint density at radius 1 is 1.29 bits per heavy atom. The van der Waals surface area contributed by atoms with Crippen molar-refractivity contribution in [2.24, 2.45) is 0 Å². The molecule has 34 heavy (non-hydrogen) atoms. The smallest absolute Gasteiger partial charge is 0.247 e. The van der Waals surface area contributed by atoms with E-state index in [9.17, 15) is 14.3 Å². The van der Waals surface area contributed by atoms with Gasteiger partial charge in [-0.25, -0.2) is 9.97 Å². The number of amides is 1. The molecule has 0 spiro atoms. The molecular weight excluding hydrogens is 439 g/mol. The normalized spacial score (nSPS) is 19.5. The van der Waals surface area contributed by atoms with Crippen LogP contribution in [0.1, 0.15) is 49.6 Å². The Balaban J connectivity index is 1.42. The Morgan fingerprint density at radius 2 is 2.15 bits per heavy atom. The Hall–Kier alpha value is -3.60. The minimum absolute atomic E-state index is 0.234. The fraction of sp³-hybridized carbons (Fsp3) is 0.435. The summed E-state index contributed by atoms with van der Waals surface area (Å²) < 4.78 is 13.1. The number of rotatable bonds is 6. The Kier molecular flexibility index (Phi) is 5.86. The van der Waals surface area contributed by atoms with Gasteiger partial charge >= 0.3 is 0 Å². The van der Waals surface area contributed by atoms with E-state index in [0.717, 1.165) is 36.2 Å². The lowest BCUT2D eigenvalue weighted by molar-refractivity contribution is -0.117. The summed E-state index contributed by atoms with van der Waals surface area (Å²) in [6.07, 6.45) is 3.46. The minimum atomic E-state index is -0.699. The highest BCUT2D eigenvalue weighted by atomic mass is 19.1. The van der Waals surface area contributed by atoms with Crippen LogP contribution in [-0.4, -0.2) is 54.9 Å². The van der Waals surface area contributed by atoms with Crippen molar-refractivity contribution < 1.29 is 14.3 Å². The number of carbonyl (C=O) groups excluding carboxylic acids is 1. The summed E-state index contributed by atoms with van der Waals surface area (Å²) in [5.41, 5.74) is 3.39. The van der Waals surface area contributed by atoms with Gasteiger partial charge in [-0.15, -0.1) is 0 Å². The number of carbonyl (C=O) groups is 1. The van der Waals surface area contributed by atoms with Gasteiger partial charge in [0.2, 0.25) is 17.8 Å². The summed E-state index contributed by atoms with van der Waals surface area (Å²) in [6.45, 7) is 4.41. The van der Waals surface area contributed by atoms with Crippen LogP contribution in [0.2, 0.25) is 0 Å². The van der Waals surface area contributed by atoms with E-state index in [2.05, 4.69) is 39.7 Å². The molecule has 1 fully saturated rings. The molecule has 5 rings (SSSR count). The predicted molar refractivity (Wildman–Crippen MR) is 125 cm³/mol. The van der Waals surface area contributed by atoms with Crippen molar-refractivity contribution >= 4 is 29.2 Å². The summed E-state index contributed by atoms with van der Waals surface area (Å²) in [4.78, 5) is 27.8. The van der Waals surface area contributed by atoms with Crippen molar-refractivity contribution in [3.05, 3.63) is 47.3 Å². The number of β-amino-alcohol motifs (C(OH)–C–C–N with tert-alkyl or cyclic N) is 1. The Labute approximate surface area is 196 Å². The minimum Gasteiger partial charge on any atom is -0.391 e. The van der Waals surface area contributed by atoms with E-state index < -0.39 is 18.1 Å². The average molecular weight is 467 g/mol. The van der Waals surface area contributed by atoms with E-state index in [4.69, 9.17) is 9.97 Å². The van der Waals surface area contributed by atoms with Crippen molar-refractivity contribution in [2.75, 3.05) is 22.1 Å². The largest absolute Gasteiger partial charge is 0.391 e. The maximum absolute atomic E-state index is 13.1. The second kappa shape index (κ2) is 8.98. The van der Waals surface area contributed by atoms with Crippen molar-refractivity contribution in [2.45, 2.75) is 57.6 Å². The van der Waals surface area contributed by atoms with Gasteiger partial charge in [-0.3, -0.25) is 9.89 Å². The summed E-state index contributed by atoms with van der Waals surface area (Å²) in [5, 5.41) is 23.8. The molecule has 3 aromatic heterocycles. The van der Waals surface area contributed by atoms with Gasteiger partial charge in [0.05, 0.1) is 23.7 Å². The zero-order valence-electron chi connectivity index (χ0n) is 19.0. The molecule has 2 unspecified atom stereocenters. The number of nitrogens with one attached hydrogen (secondary N) is 3. The maximum Gasteiger partial charge on any atom is 0.247 e. The molecular formula is C23H27FN8O2. The number of aryl methyl sites for hydroxylation is 1. The van der Waals surface area contributed by atoms with Gasteiger partial charge in [0.25, 0.3) is 0 Å². The van der Waals surface area contributed by atoms with E-state index in [1.165, 1.54) is 18.3 Å². The molecule has 1 amide bonds. The van der Waals surface area contributed by atoms with Crippen LogP contribution in [0.25, 0.3) is 0 Å². The third kappa shape index (κ3) is 4.43. The number of hydrogen-bond acceptors (Lipinski definition) is 8. The molecule has 0 aromatic carbocycles. The first-order chi connectivity index (χ1) is 16.4. The van der Waals surface area contributed by atoms with Crippen LogP contribution < -0.4 is 15.5 Å². The average Bonchev–Trinajstić information content (AvgIpc) is 3.54. The number of H-pyrrole nitrogens is 1. The van der Waals surface area contributed by atoms with Crippen molar-refractivity contribution in [1.82, 2.24) is 25.1 Å². The van der Waals surface area contributed by atoms with Gasteiger partial charge in [0.1, 0.15) is 11.9 Å². The van der Waals surface area contributed by atoms with Gasteiger partial charge in [-0.05, 0) is 37.3 Å². The van der Waals surface area contributed by atoms with E-state index in [0.29, 0.717) is 29.2 Å². The van der Waals surface area contributed by atoms with Crippen LogP contribution >= 0.6 is 0 Å². The van der Waals surface area contributed by atoms with Crippen LogP contribution in [0.15, 0.2) is 24.4 Å². The zero-order valence-corrected chi connectivity index (χ0v) is 19.0. The first-order valence-electron chi connectivity index (χ1n) is 11.5. The number of aromatic amines is 1. The lowest BCUT2D eigenvalue weighted by Gasteiger charge is -2.25. The molecule has 0 bridgehead atoms. The second-order valence-electron chi connectivity index (χ2n) is 9.06. The molecule has 1 aliphatic carbocycles. The molecule has 0 saturated carbocycles. The standard InChI is InChI=1S/C23H27FN8O2/c1-12(2)17-9-20(31-30-17)28-21-15-4-3-5-16(15)27-23(29-21)32-11-14(33)8-18(32)22(34)26-13-6-7-19(24)25-10-13/h6-7,9-10,12,14,18,33H,3-5,8,11H2,1-2H3,(H,26,34)(H2,27,28,29,30,31). The summed E-state index contributed by atoms with van der Waals surface area (Å²) in [5.74, 6) is 1.08. The number of aliphatic hydroxyl groups is 1. The molecule has 2 atom stereocenters. The third-order valence-corrected chi connectivity index (χ3v) is 6.22. The van der Waals surface area contributed by atoms with Crippen molar-refractivity contribution in [3.63, 3.8) is 0 Å². The monoisotopic (exact) mass is 466 g/mol. The number of halogens is 1. The summed E-state index contributed by atoms with van der Waals surface area (Å²) >= 11 is 0. The topological polar surface area (TPSA) is 132 Å². The van der Waals surface area contributed by atoms with Crippen LogP contribution in [0.4, 0.5) is 27.7 Å². The van der Waals surface area contributed by atoms with Gasteiger partial charge in [0.15, 0.2) is 5.82 Å². The van der Waals surface area contributed by atoms with Gasteiger partial charge in [-0.2, -0.15) is 14.5 Å². The SMILES string of the molecule is CC(C)c1cc(Nc2nc(N3CC(O)CC3C(=O)Nc3ccc(F)nc3)nc3c2CCC3)n[nH]1. The third-order valence-electron chi connectivity index (χ3n) is 6.22. The maximum atomic E-state index is 13.1. The first kappa shape index (κ1) is 22.2. The molecule has 1 saturated heterocycles. The molecule has 2 aliphatic rings. The molecule has 178 valence electrons. The molecule has 10 nitrogen and oxygen atoms in total. The molecule has 1 aliphatic heterocycles. The van der Waals surface area contributed by atoms with E-state index in [1.807, 2.05) is 6.07 Å². The fourth-order valence-corrected chi connectivity index (χ4v) is 4.43. The molecule has 3 aromatic rings. The van der Waals surface area contributed by atoms with Crippen LogP contribution in [-0.2, 0) is 17.6 Å². The van der Waals surface area contributed by atoms with Crippen molar-refractivity contribution in [3.8, 4) is 0 Å². The predicted octanol–water partition coefficient (Wildman–Crippen LogP) is 2.67. The lowest BCUT2D eigenvalue weighted by atomic mass is 10.1. The molecule has 4 N–H and O–H groups in total. The van der Waals surface area contributed by atoms with Crippen molar-refractivity contribution in [1.29, 1.82) is 0 Å². The quantitative estimate of drug-likeness (QED) is 0.408. The highest BCUT2D eigenvalue weighted by molar-refractivity contribution is 5.97. The molecule has 0 radical (unpaired) electrons. The van der Waals surface area contributed by atoms with Crippen LogP contribution in [0.3, 0.4) is 0 Å². The number of aromatic nitrogens is 5. The number of anilines is 4. The number of fused-ring (bicyclic) bond motifs is 1. The number of pyridine rings is 1. The van der Waals surface area contributed by atoms with E-state index in [-0.39, 0.29) is 18.9 Å². The van der Waals surface area contributed by atoms with Crippen LogP contribution in [0.5, 0.6) is 0 Å². The first-order valence-corrected chi connectivity index (χ1v) is 11.5. The van der Waals surface area contributed by atoms with Gasteiger partial charge in [0, 0.05) is 30.3 Å². The molecule has 11 heteroatoms. The molecule has 4 heterocycles. The number of aliphatic hydroxyl groups excluding tert-OH is 1. The zero-order chi connectivity index (χ0) is 23.8. The number of nitrogens with zero attached hydrogens (tertiary/aromatic N) is 5. The highest BCUT2D eigenvalue weighted by Crippen LogP contribution is 2.33. The summed E-state index contributed by atoms with van der Waals surface area (Å²) in [7, 11) is 0. The Morgan fingerprint density at radius 3 is 2.88 bits per heavy atom. The van der Waals surface area contributed by atoms with E-state index >= 15 is 0 Å². The van der Waals surface area contributed by atoms with E-state index in [1.54, 1.807) is 4.90 Å². The lowest BCUT2D eigenvalue weighted by Crippen LogP contribution is -2.40. The van der Waals surface area contributed by atoms with Crippen LogP contribution in [0, 0.1) is 5.95 Å².